The standard InChI is InChI=1S/C10H12O6/c1-7(12)10(2,5-6-11)16-9(15)4-3-8(13)14/h3-4,6H,5H2,1-2H3,(H,13,14). The van der Waals surface area contributed by atoms with Gasteiger partial charge in [0, 0.05) is 12.2 Å². The van der Waals surface area contributed by atoms with Crippen LogP contribution < -0.4 is 0 Å². The molecule has 0 saturated carbocycles. The van der Waals surface area contributed by atoms with Crippen LogP contribution in [0.3, 0.4) is 0 Å². The van der Waals surface area contributed by atoms with Gasteiger partial charge in [0.25, 0.3) is 0 Å². The Labute approximate surface area is 91.9 Å². The van der Waals surface area contributed by atoms with Gasteiger partial charge >= 0.3 is 11.9 Å². The molecule has 0 heterocycles. The van der Waals surface area contributed by atoms with Crippen molar-refractivity contribution in [1.82, 2.24) is 0 Å². The lowest BCUT2D eigenvalue weighted by atomic mass is 9.98. The van der Waals surface area contributed by atoms with Crippen LogP contribution in [0.5, 0.6) is 0 Å². The Balaban J connectivity index is 4.65. The quantitative estimate of drug-likeness (QED) is 0.393. The number of rotatable bonds is 6. The van der Waals surface area contributed by atoms with Crippen LogP contribution in [0.25, 0.3) is 0 Å². The van der Waals surface area contributed by atoms with E-state index in [0.29, 0.717) is 18.4 Å². The normalized spacial score (nSPS) is 14.1. The molecular weight excluding hydrogens is 216 g/mol. The third kappa shape index (κ3) is 4.50. The first-order valence-electron chi connectivity index (χ1n) is 4.40. The number of carboxylic acid groups (broad SMARTS) is 1. The molecule has 6 nitrogen and oxygen atoms in total. The van der Waals surface area contributed by atoms with Crippen LogP contribution >= 0.6 is 0 Å². The SMILES string of the molecule is CC(=O)C(C)(CC=O)OC(=O)C=CC(=O)O. The lowest BCUT2D eigenvalue weighted by molar-refractivity contribution is -0.161. The number of ether oxygens (including phenoxy) is 1. The van der Waals surface area contributed by atoms with Crippen LogP contribution in [0.2, 0.25) is 0 Å². The molecule has 1 atom stereocenters. The molecule has 0 amide bonds. The molecule has 0 radical (unpaired) electrons. The molecule has 0 aromatic heterocycles. The van der Waals surface area contributed by atoms with E-state index in [1.165, 1.54) is 13.8 Å². The van der Waals surface area contributed by atoms with Crippen molar-refractivity contribution in [1.29, 1.82) is 0 Å². The van der Waals surface area contributed by atoms with E-state index in [-0.39, 0.29) is 6.42 Å². The Morgan fingerprint density at radius 3 is 2.25 bits per heavy atom. The van der Waals surface area contributed by atoms with Crippen molar-refractivity contribution in [3.05, 3.63) is 12.2 Å². The average molecular weight is 228 g/mol. The third-order valence-corrected chi connectivity index (χ3v) is 1.91. The second kappa shape index (κ2) is 5.79. The fraction of sp³-hybridized carbons (Fsp3) is 0.400. The molecule has 0 spiro atoms. The molecule has 1 unspecified atom stereocenters. The second-order valence-electron chi connectivity index (χ2n) is 3.25. The number of carbonyl (C=O) groups is 4. The van der Waals surface area contributed by atoms with Crippen LogP contribution in [0.4, 0.5) is 0 Å². The van der Waals surface area contributed by atoms with Gasteiger partial charge in [-0.15, -0.1) is 0 Å². The van der Waals surface area contributed by atoms with Crippen LogP contribution in [0.15, 0.2) is 12.2 Å². The Bertz CT molecular complexity index is 343. The van der Waals surface area contributed by atoms with Crippen LogP contribution in [-0.4, -0.2) is 34.7 Å². The summed E-state index contributed by atoms with van der Waals surface area (Å²) in [5.74, 6) is -2.78. The highest BCUT2D eigenvalue weighted by atomic mass is 16.6. The summed E-state index contributed by atoms with van der Waals surface area (Å²) in [6, 6.07) is 0. The van der Waals surface area contributed by atoms with Crippen molar-refractivity contribution in [2.24, 2.45) is 0 Å². The number of hydrogen-bond donors (Lipinski definition) is 1. The first kappa shape index (κ1) is 14.0. The van der Waals surface area contributed by atoms with Gasteiger partial charge in [-0.25, -0.2) is 9.59 Å². The average Bonchev–Trinajstić information content (AvgIpc) is 2.14. The largest absolute Gasteiger partial charge is 0.478 e. The zero-order valence-corrected chi connectivity index (χ0v) is 8.93. The van der Waals surface area contributed by atoms with E-state index in [4.69, 9.17) is 9.84 Å². The van der Waals surface area contributed by atoms with Crippen LogP contribution in [0.1, 0.15) is 20.3 Å². The number of esters is 1. The zero-order chi connectivity index (χ0) is 12.8. The smallest absolute Gasteiger partial charge is 0.332 e. The third-order valence-electron chi connectivity index (χ3n) is 1.91. The minimum Gasteiger partial charge on any atom is -0.478 e. The molecular formula is C10H12O6. The van der Waals surface area contributed by atoms with Crippen molar-refractivity contribution in [3.8, 4) is 0 Å². The number of carboxylic acids is 1. The summed E-state index contributed by atoms with van der Waals surface area (Å²) in [5.41, 5.74) is -1.54. The number of carbonyl (C=O) groups excluding carboxylic acids is 3. The van der Waals surface area contributed by atoms with Gasteiger partial charge in [0.15, 0.2) is 11.4 Å². The molecule has 0 rings (SSSR count). The minimum atomic E-state index is -1.54. The lowest BCUT2D eigenvalue weighted by Gasteiger charge is -2.23. The molecule has 0 aromatic rings. The number of Topliss-reactive ketones (excluding diaryl/α,β-unsaturated/α-hetero) is 1. The summed E-state index contributed by atoms with van der Waals surface area (Å²) in [6.45, 7) is 2.47. The fourth-order valence-corrected chi connectivity index (χ4v) is 0.812. The summed E-state index contributed by atoms with van der Waals surface area (Å²) in [7, 11) is 0. The highest BCUT2D eigenvalue weighted by Gasteiger charge is 2.33. The zero-order valence-electron chi connectivity index (χ0n) is 8.93. The van der Waals surface area contributed by atoms with Gasteiger partial charge in [0.1, 0.15) is 6.29 Å². The summed E-state index contributed by atoms with van der Waals surface area (Å²) in [5, 5.41) is 8.26. The van der Waals surface area contributed by atoms with Gasteiger partial charge in [0.05, 0.1) is 6.42 Å². The fourth-order valence-electron chi connectivity index (χ4n) is 0.812. The summed E-state index contributed by atoms with van der Waals surface area (Å²) in [4.78, 5) is 42.7. The molecule has 0 aliphatic carbocycles. The summed E-state index contributed by atoms with van der Waals surface area (Å²) < 4.78 is 4.72. The molecule has 0 aromatic carbocycles. The van der Waals surface area contributed by atoms with E-state index in [2.05, 4.69) is 0 Å². The van der Waals surface area contributed by atoms with Gasteiger partial charge in [-0.1, -0.05) is 0 Å². The van der Waals surface area contributed by atoms with E-state index < -0.39 is 23.3 Å². The maximum atomic E-state index is 11.2. The van der Waals surface area contributed by atoms with Crippen molar-refractivity contribution < 1.29 is 29.0 Å². The predicted octanol–water partition coefficient (Wildman–Crippen LogP) is 0.107. The first-order valence-corrected chi connectivity index (χ1v) is 4.40. The highest BCUT2D eigenvalue weighted by Crippen LogP contribution is 2.16. The van der Waals surface area contributed by atoms with E-state index in [9.17, 15) is 19.2 Å². The molecule has 16 heavy (non-hydrogen) atoms. The molecule has 88 valence electrons. The van der Waals surface area contributed by atoms with Crippen LogP contribution in [0, 0.1) is 0 Å². The highest BCUT2D eigenvalue weighted by molar-refractivity contribution is 5.94. The number of hydrogen-bond acceptors (Lipinski definition) is 5. The van der Waals surface area contributed by atoms with Gasteiger partial charge in [-0.2, -0.15) is 0 Å². The molecule has 0 aliphatic heterocycles. The monoisotopic (exact) mass is 228 g/mol. The minimum absolute atomic E-state index is 0.269. The van der Waals surface area contributed by atoms with Gasteiger partial charge < -0.3 is 14.6 Å². The maximum absolute atomic E-state index is 11.2. The lowest BCUT2D eigenvalue weighted by Crippen LogP contribution is -2.39. The summed E-state index contributed by atoms with van der Waals surface area (Å²) >= 11 is 0. The topological polar surface area (TPSA) is 97.7 Å². The molecule has 0 bridgehead atoms. The molecule has 6 heteroatoms. The Morgan fingerprint density at radius 2 is 1.88 bits per heavy atom. The van der Waals surface area contributed by atoms with E-state index in [0.717, 1.165) is 0 Å². The Hall–Kier alpha value is -1.98. The number of aliphatic carboxylic acids is 1. The molecule has 0 saturated heterocycles. The summed E-state index contributed by atoms with van der Waals surface area (Å²) in [6.07, 6.45) is 1.45. The Morgan fingerprint density at radius 1 is 1.31 bits per heavy atom. The van der Waals surface area contributed by atoms with Crippen molar-refractivity contribution >= 4 is 24.0 Å². The predicted molar refractivity (Wildman–Crippen MR) is 52.6 cm³/mol. The van der Waals surface area contributed by atoms with Gasteiger partial charge in [-0.3, -0.25) is 4.79 Å². The van der Waals surface area contributed by atoms with E-state index >= 15 is 0 Å². The maximum Gasteiger partial charge on any atom is 0.332 e. The first-order chi connectivity index (χ1) is 7.31. The Kier molecular flexibility index (Phi) is 5.08. The van der Waals surface area contributed by atoms with Crippen LogP contribution in [-0.2, 0) is 23.9 Å². The van der Waals surface area contributed by atoms with Crippen molar-refractivity contribution in [3.63, 3.8) is 0 Å². The number of aldehydes is 1. The van der Waals surface area contributed by atoms with E-state index in [1.807, 2.05) is 0 Å². The molecule has 0 fully saturated rings. The van der Waals surface area contributed by atoms with Gasteiger partial charge in [-0.05, 0) is 13.8 Å². The van der Waals surface area contributed by atoms with Crippen molar-refractivity contribution in [2.75, 3.05) is 0 Å². The van der Waals surface area contributed by atoms with Crippen molar-refractivity contribution in [2.45, 2.75) is 25.9 Å². The molecule has 1 N–H and O–H groups in total. The van der Waals surface area contributed by atoms with E-state index in [1.54, 1.807) is 0 Å². The number of ketones is 1. The van der Waals surface area contributed by atoms with Gasteiger partial charge in [0.2, 0.25) is 0 Å². The second-order valence-corrected chi connectivity index (χ2v) is 3.25. The molecule has 0 aliphatic rings.